The number of aryl methyl sites for hydroxylation is 1. The van der Waals surface area contributed by atoms with Crippen LogP contribution in [0.15, 0.2) is 24.3 Å². The molecule has 1 fully saturated rings. The third-order valence-electron chi connectivity index (χ3n) is 4.92. The Labute approximate surface area is 155 Å². The van der Waals surface area contributed by atoms with Crippen LogP contribution in [0.5, 0.6) is 0 Å². The quantitative estimate of drug-likeness (QED) is 0.840. The molecular weight excluding hydrogens is 330 g/mol. The summed E-state index contributed by atoms with van der Waals surface area (Å²) in [6.07, 6.45) is 1.55. The van der Waals surface area contributed by atoms with Crippen LogP contribution in [0.25, 0.3) is 0 Å². The van der Waals surface area contributed by atoms with Gasteiger partial charge >= 0.3 is 0 Å². The fourth-order valence-electron chi connectivity index (χ4n) is 3.13. The number of amides is 3. The number of hydrogen-bond acceptors (Lipinski definition) is 3. The first-order chi connectivity index (χ1) is 12.2. The molecule has 0 aromatic heterocycles. The predicted octanol–water partition coefficient (Wildman–Crippen LogP) is 1.74. The molecule has 0 saturated carbocycles. The molecule has 0 radical (unpaired) electrons. The molecule has 1 saturated heterocycles. The van der Waals surface area contributed by atoms with Gasteiger partial charge in [0.15, 0.2) is 0 Å². The Morgan fingerprint density at radius 3 is 2.46 bits per heavy atom. The molecule has 1 atom stereocenters. The molecule has 2 N–H and O–H groups in total. The molecule has 2 rings (SSSR count). The molecule has 26 heavy (non-hydrogen) atoms. The number of carbonyl (C=O) groups is 3. The van der Waals surface area contributed by atoms with Gasteiger partial charge in [-0.3, -0.25) is 14.4 Å². The minimum Gasteiger partial charge on any atom is -0.359 e. The van der Waals surface area contributed by atoms with Crippen LogP contribution in [0.3, 0.4) is 0 Å². The normalized spacial score (nSPS) is 17.5. The number of rotatable bonds is 5. The van der Waals surface area contributed by atoms with Gasteiger partial charge in [0.05, 0.1) is 11.3 Å². The van der Waals surface area contributed by atoms with Gasteiger partial charge in [-0.05, 0) is 45.7 Å². The third-order valence-corrected chi connectivity index (χ3v) is 4.92. The Hall–Kier alpha value is -2.37. The fraction of sp³-hybridized carbons (Fsp3) is 0.550. The summed E-state index contributed by atoms with van der Waals surface area (Å²) >= 11 is 0. The van der Waals surface area contributed by atoms with E-state index in [1.54, 1.807) is 25.8 Å². The number of nitrogens with one attached hydrogen (secondary N) is 2. The highest BCUT2D eigenvalue weighted by Crippen LogP contribution is 2.20. The van der Waals surface area contributed by atoms with Crippen LogP contribution in [0.2, 0.25) is 0 Å². The van der Waals surface area contributed by atoms with Crippen LogP contribution in [0.1, 0.15) is 42.6 Å². The van der Waals surface area contributed by atoms with E-state index in [9.17, 15) is 14.4 Å². The zero-order valence-electron chi connectivity index (χ0n) is 16.1. The van der Waals surface area contributed by atoms with Gasteiger partial charge < -0.3 is 15.5 Å². The number of nitrogens with zero attached hydrogens (tertiary/aromatic N) is 1. The lowest BCUT2D eigenvalue weighted by Gasteiger charge is -2.33. The van der Waals surface area contributed by atoms with Crippen molar-refractivity contribution in [2.75, 3.05) is 26.7 Å². The van der Waals surface area contributed by atoms with Crippen LogP contribution < -0.4 is 10.6 Å². The molecule has 0 spiro atoms. The van der Waals surface area contributed by atoms with E-state index in [4.69, 9.17) is 0 Å². The van der Waals surface area contributed by atoms with Crippen molar-refractivity contribution in [1.29, 1.82) is 0 Å². The lowest BCUT2D eigenvalue weighted by molar-refractivity contribution is -0.130. The van der Waals surface area contributed by atoms with Gasteiger partial charge in [-0.15, -0.1) is 0 Å². The highest BCUT2D eigenvalue weighted by atomic mass is 16.2. The van der Waals surface area contributed by atoms with E-state index in [-0.39, 0.29) is 30.2 Å². The van der Waals surface area contributed by atoms with E-state index in [0.29, 0.717) is 18.7 Å². The molecule has 0 bridgehead atoms. The van der Waals surface area contributed by atoms with Gasteiger partial charge in [-0.1, -0.05) is 17.7 Å². The van der Waals surface area contributed by atoms with Crippen LogP contribution in [-0.2, 0) is 9.59 Å². The average Bonchev–Trinajstić information content (AvgIpc) is 2.65. The van der Waals surface area contributed by atoms with Crippen molar-refractivity contribution in [3.8, 4) is 0 Å². The van der Waals surface area contributed by atoms with E-state index in [2.05, 4.69) is 10.6 Å². The zero-order valence-corrected chi connectivity index (χ0v) is 16.1. The Morgan fingerprint density at radius 1 is 1.19 bits per heavy atom. The van der Waals surface area contributed by atoms with Crippen molar-refractivity contribution >= 4 is 17.7 Å². The summed E-state index contributed by atoms with van der Waals surface area (Å²) in [5.41, 5.74) is 1.09. The largest absolute Gasteiger partial charge is 0.359 e. The first-order valence-corrected chi connectivity index (χ1v) is 9.10. The second-order valence-corrected chi connectivity index (χ2v) is 7.64. The smallest absolute Gasteiger partial charge is 0.253 e. The summed E-state index contributed by atoms with van der Waals surface area (Å²) in [6, 6.07) is 7.49. The zero-order chi connectivity index (χ0) is 19.3. The number of carbonyl (C=O) groups excluding carboxylic acids is 3. The van der Waals surface area contributed by atoms with Crippen molar-refractivity contribution in [3.63, 3.8) is 0 Å². The molecular formula is C20H29N3O3. The molecule has 1 aliphatic rings. The second-order valence-electron chi connectivity index (χ2n) is 7.64. The van der Waals surface area contributed by atoms with E-state index in [1.165, 1.54) is 0 Å². The molecule has 6 heteroatoms. The summed E-state index contributed by atoms with van der Waals surface area (Å²) < 4.78 is 0. The molecule has 3 amide bonds. The van der Waals surface area contributed by atoms with E-state index >= 15 is 0 Å². The number of likely N-dealkylation sites (tertiary alicyclic amines) is 1. The van der Waals surface area contributed by atoms with Gasteiger partial charge in [-0.25, -0.2) is 0 Å². The maximum atomic E-state index is 12.7. The highest BCUT2D eigenvalue weighted by molar-refractivity contribution is 5.94. The van der Waals surface area contributed by atoms with Crippen LogP contribution in [-0.4, -0.2) is 49.3 Å². The monoisotopic (exact) mass is 359 g/mol. The summed E-state index contributed by atoms with van der Waals surface area (Å²) in [6.45, 7) is 6.92. The molecule has 1 aromatic rings. The van der Waals surface area contributed by atoms with E-state index in [1.807, 2.05) is 31.2 Å². The van der Waals surface area contributed by atoms with Crippen molar-refractivity contribution in [2.24, 2.45) is 11.3 Å². The molecule has 0 aliphatic carbocycles. The molecule has 1 aliphatic heterocycles. The van der Waals surface area contributed by atoms with E-state index in [0.717, 1.165) is 18.4 Å². The van der Waals surface area contributed by atoms with Gasteiger partial charge in [0, 0.05) is 32.2 Å². The van der Waals surface area contributed by atoms with Crippen LogP contribution in [0, 0.1) is 18.3 Å². The van der Waals surface area contributed by atoms with Gasteiger partial charge in [0.1, 0.15) is 0 Å². The number of piperidine rings is 1. The van der Waals surface area contributed by atoms with Crippen molar-refractivity contribution in [2.45, 2.75) is 33.6 Å². The minimum absolute atomic E-state index is 0.0341. The Balaban J connectivity index is 1.94. The first kappa shape index (κ1) is 19.9. The maximum Gasteiger partial charge on any atom is 0.253 e. The predicted molar refractivity (Wildman–Crippen MR) is 101 cm³/mol. The summed E-state index contributed by atoms with van der Waals surface area (Å²) in [7, 11) is 1.58. The summed E-state index contributed by atoms with van der Waals surface area (Å²) in [4.78, 5) is 38.8. The van der Waals surface area contributed by atoms with Gasteiger partial charge in [0.2, 0.25) is 11.8 Å². The highest BCUT2D eigenvalue weighted by Gasteiger charge is 2.31. The first-order valence-electron chi connectivity index (χ1n) is 9.10. The summed E-state index contributed by atoms with van der Waals surface area (Å²) in [5.74, 6) is -0.479. The van der Waals surface area contributed by atoms with Crippen LogP contribution in [0.4, 0.5) is 0 Å². The van der Waals surface area contributed by atoms with Gasteiger partial charge in [-0.2, -0.15) is 0 Å². The molecule has 1 aromatic carbocycles. The molecule has 1 unspecified atom stereocenters. The SMILES string of the molecule is CNC(=O)C(C)(C)CNC(=O)C1CCCN(C(=O)c2ccc(C)cc2)C1. The van der Waals surface area contributed by atoms with Crippen molar-refractivity contribution < 1.29 is 14.4 Å². The molecule has 142 valence electrons. The standard InChI is InChI=1S/C20H29N3O3/c1-14-7-9-15(10-8-14)18(25)23-11-5-6-16(12-23)17(24)22-13-20(2,3)19(26)21-4/h7-10,16H,5-6,11-13H2,1-4H3,(H,21,26)(H,22,24). The lowest BCUT2D eigenvalue weighted by Crippen LogP contribution is -2.49. The maximum absolute atomic E-state index is 12.7. The summed E-state index contributed by atoms with van der Waals surface area (Å²) in [5, 5.41) is 5.49. The van der Waals surface area contributed by atoms with Crippen LogP contribution >= 0.6 is 0 Å². The Kier molecular flexibility index (Phi) is 6.40. The molecule has 1 heterocycles. The number of hydrogen-bond donors (Lipinski definition) is 2. The van der Waals surface area contributed by atoms with Crippen molar-refractivity contribution in [3.05, 3.63) is 35.4 Å². The lowest BCUT2D eigenvalue weighted by atomic mass is 9.91. The third kappa shape index (κ3) is 4.84. The van der Waals surface area contributed by atoms with Crippen molar-refractivity contribution in [1.82, 2.24) is 15.5 Å². The topological polar surface area (TPSA) is 78.5 Å². The second kappa shape index (κ2) is 8.34. The Morgan fingerprint density at radius 2 is 1.85 bits per heavy atom. The Bertz CT molecular complexity index is 667. The number of benzene rings is 1. The molecule has 6 nitrogen and oxygen atoms in total. The van der Waals surface area contributed by atoms with Gasteiger partial charge in [0.25, 0.3) is 5.91 Å². The van der Waals surface area contributed by atoms with E-state index < -0.39 is 5.41 Å². The fourth-order valence-corrected chi connectivity index (χ4v) is 3.13. The average molecular weight is 359 g/mol. The minimum atomic E-state index is -0.670.